The van der Waals surface area contributed by atoms with E-state index < -0.39 is 0 Å². The van der Waals surface area contributed by atoms with Crippen LogP contribution in [0.25, 0.3) is 0 Å². The minimum absolute atomic E-state index is 0. The van der Waals surface area contributed by atoms with Gasteiger partial charge >= 0.3 is 0 Å². The zero-order chi connectivity index (χ0) is 3.58. The van der Waals surface area contributed by atoms with Crippen molar-refractivity contribution in [2.24, 2.45) is 0 Å². The first-order valence-corrected chi connectivity index (χ1v) is 1.06. The van der Waals surface area contributed by atoms with Crippen molar-refractivity contribution in [3.63, 3.8) is 0 Å². The molecular formula is C3H5OZn-. The molecular weight excluding hydrogens is 117 g/mol. The second-order valence-electron chi connectivity index (χ2n) is 0.702. The summed E-state index contributed by atoms with van der Waals surface area (Å²) < 4.78 is 0. The van der Waals surface area contributed by atoms with Gasteiger partial charge in [0.2, 0.25) is 0 Å². The van der Waals surface area contributed by atoms with Crippen LogP contribution < -0.4 is 0 Å². The van der Waals surface area contributed by atoms with E-state index in [0.29, 0.717) is 0 Å². The summed E-state index contributed by atoms with van der Waals surface area (Å²) in [5.41, 5.74) is 0. The molecule has 0 aromatic heterocycles. The van der Waals surface area contributed by atoms with Crippen LogP contribution in [0.3, 0.4) is 0 Å². The normalized spacial score (nSPS) is 5.00. The summed E-state index contributed by atoms with van der Waals surface area (Å²) in [4.78, 5) is 9.33. The molecule has 0 aromatic rings. The summed E-state index contributed by atoms with van der Waals surface area (Å²) in [7, 11) is 0. The van der Waals surface area contributed by atoms with Crippen molar-refractivity contribution < 1.29 is 24.3 Å². The molecule has 0 atom stereocenters. The zero-order valence-corrected chi connectivity index (χ0v) is 6.29. The van der Waals surface area contributed by atoms with Crippen molar-refractivity contribution in [2.45, 2.75) is 6.92 Å². The van der Waals surface area contributed by atoms with E-state index in [4.69, 9.17) is 0 Å². The van der Waals surface area contributed by atoms with Crippen LogP contribution in [0.1, 0.15) is 6.92 Å². The smallest absolute Gasteiger partial charge is 0 e. The predicted molar refractivity (Wildman–Crippen MR) is 16.0 cm³/mol. The first-order chi connectivity index (χ1) is 1.73. The first-order valence-electron chi connectivity index (χ1n) is 1.06. The largest absolute Gasteiger partial charge is 0.340 e. The Bertz CT molecular complexity index is 29.9. The van der Waals surface area contributed by atoms with Gasteiger partial charge in [-0.05, 0) is 12.7 Å². The van der Waals surface area contributed by atoms with E-state index in [1.807, 2.05) is 0 Å². The van der Waals surface area contributed by atoms with E-state index in [1.165, 1.54) is 6.92 Å². The maximum atomic E-state index is 9.33. The number of rotatable bonds is 0. The molecule has 0 saturated heterocycles. The predicted octanol–water partition coefficient (Wildman–Crippen LogP) is 0.407. The van der Waals surface area contributed by atoms with Crippen molar-refractivity contribution in [2.75, 3.05) is 0 Å². The maximum Gasteiger partial charge on any atom is 0 e. The second kappa shape index (κ2) is 4.16. The fourth-order valence-corrected chi connectivity index (χ4v) is 0. The Kier molecular flexibility index (Phi) is 7.45. The van der Waals surface area contributed by atoms with Crippen LogP contribution >= 0.6 is 0 Å². The number of hydrogen-bond acceptors (Lipinski definition) is 1. The van der Waals surface area contributed by atoms with Gasteiger partial charge in [0, 0.05) is 19.5 Å². The quantitative estimate of drug-likeness (QED) is 0.336. The molecule has 0 N–H and O–H groups in total. The van der Waals surface area contributed by atoms with Crippen molar-refractivity contribution in [3.05, 3.63) is 6.92 Å². The standard InChI is InChI=1S/C3H5O.Zn/c1-3(2)4;/h1H2,2H3;/q-1;. The molecule has 26 valence electrons. The van der Waals surface area contributed by atoms with E-state index in [1.54, 1.807) is 0 Å². The van der Waals surface area contributed by atoms with Crippen LogP contribution in [0.4, 0.5) is 0 Å². The maximum absolute atomic E-state index is 9.33. The second-order valence-corrected chi connectivity index (χ2v) is 0.702. The number of ketones is 1. The van der Waals surface area contributed by atoms with Crippen LogP contribution in [0.5, 0.6) is 0 Å². The molecule has 0 saturated carbocycles. The van der Waals surface area contributed by atoms with E-state index in [2.05, 4.69) is 6.92 Å². The Balaban J connectivity index is 0. The van der Waals surface area contributed by atoms with Crippen LogP contribution in [0.2, 0.25) is 0 Å². The van der Waals surface area contributed by atoms with Gasteiger partial charge in [0.1, 0.15) is 0 Å². The minimum Gasteiger partial charge on any atom is -0.340 e. The van der Waals surface area contributed by atoms with Crippen LogP contribution in [-0.2, 0) is 24.3 Å². The summed E-state index contributed by atoms with van der Waals surface area (Å²) in [5, 5.41) is 0. The molecule has 5 heavy (non-hydrogen) atoms. The van der Waals surface area contributed by atoms with Crippen molar-refractivity contribution in [3.8, 4) is 0 Å². The average Bonchev–Trinajstić information content (AvgIpc) is 0.811. The Labute approximate surface area is 44.5 Å². The molecule has 0 heterocycles. The molecule has 0 spiro atoms. The first kappa shape index (κ1) is 8.94. The monoisotopic (exact) mass is 121 g/mol. The summed E-state index contributed by atoms with van der Waals surface area (Å²) in [6.07, 6.45) is 0. The topological polar surface area (TPSA) is 17.1 Å². The van der Waals surface area contributed by atoms with Crippen molar-refractivity contribution in [1.82, 2.24) is 0 Å². The number of carbonyl (C=O) groups excluding carboxylic acids is 1. The van der Waals surface area contributed by atoms with E-state index in [-0.39, 0.29) is 25.3 Å². The number of hydrogen-bond donors (Lipinski definition) is 0. The van der Waals surface area contributed by atoms with Gasteiger partial charge in [-0.15, -0.1) is 0 Å². The average molecular weight is 122 g/mol. The van der Waals surface area contributed by atoms with E-state index in [9.17, 15) is 4.79 Å². The molecule has 0 aliphatic carbocycles. The molecule has 2 heteroatoms. The third-order valence-electron chi connectivity index (χ3n) is 0. The molecule has 1 nitrogen and oxygen atoms in total. The van der Waals surface area contributed by atoms with Crippen LogP contribution in [-0.4, -0.2) is 5.78 Å². The Morgan fingerprint density at radius 3 is 1.80 bits per heavy atom. The van der Waals surface area contributed by atoms with E-state index in [0.717, 1.165) is 0 Å². The van der Waals surface area contributed by atoms with Gasteiger partial charge in [0.25, 0.3) is 0 Å². The van der Waals surface area contributed by atoms with Crippen molar-refractivity contribution >= 4 is 5.78 Å². The van der Waals surface area contributed by atoms with Gasteiger partial charge in [0.15, 0.2) is 0 Å². The Hall–Kier alpha value is 0.163. The molecule has 0 amide bonds. The SMILES string of the molecule is [CH2-]C(C)=O.[Zn]. The fraction of sp³-hybridized carbons (Fsp3) is 0.333. The summed E-state index contributed by atoms with van der Waals surface area (Å²) in [6.45, 7) is 4.42. The molecule has 0 bridgehead atoms. The number of Topliss-reactive ketones (excluding diaryl/α,β-unsaturated/α-hetero) is 1. The van der Waals surface area contributed by atoms with Gasteiger partial charge in [-0.2, -0.15) is 0 Å². The van der Waals surface area contributed by atoms with Crippen LogP contribution in [0, 0.1) is 6.92 Å². The molecule has 0 fully saturated rings. The molecule has 0 unspecified atom stereocenters. The molecule has 0 radical (unpaired) electrons. The van der Waals surface area contributed by atoms with Gasteiger partial charge < -0.3 is 11.7 Å². The summed E-state index contributed by atoms with van der Waals surface area (Å²) >= 11 is 0. The molecule has 0 aliphatic heterocycles. The third kappa shape index (κ3) is 730. The van der Waals surface area contributed by atoms with Gasteiger partial charge in [-0.3, -0.25) is 0 Å². The third-order valence-corrected chi connectivity index (χ3v) is 0. The summed E-state index contributed by atoms with van der Waals surface area (Å²) in [6, 6.07) is 0. The Morgan fingerprint density at radius 1 is 1.80 bits per heavy atom. The summed E-state index contributed by atoms with van der Waals surface area (Å²) in [5.74, 6) is -0.0833. The number of carbonyl (C=O) groups is 1. The Morgan fingerprint density at radius 2 is 1.80 bits per heavy atom. The fourth-order valence-electron chi connectivity index (χ4n) is 0. The zero-order valence-electron chi connectivity index (χ0n) is 3.32. The van der Waals surface area contributed by atoms with Gasteiger partial charge in [-0.1, -0.05) is 0 Å². The van der Waals surface area contributed by atoms with Gasteiger partial charge in [-0.25, -0.2) is 0 Å². The van der Waals surface area contributed by atoms with Crippen LogP contribution in [0.15, 0.2) is 0 Å². The van der Waals surface area contributed by atoms with Crippen molar-refractivity contribution in [1.29, 1.82) is 0 Å². The van der Waals surface area contributed by atoms with Gasteiger partial charge in [0.05, 0.1) is 0 Å². The minimum atomic E-state index is -0.0833. The molecule has 0 aromatic carbocycles. The molecule has 0 aliphatic rings. The van der Waals surface area contributed by atoms with E-state index >= 15 is 0 Å². The molecule has 0 rings (SSSR count).